The maximum atomic E-state index is 12.6. The summed E-state index contributed by atoms with van der Waals surface area (Å²) in [6, 6.07) is 24.8. The van der Waals surface area contributed by atoms with Gasteiger partial charge in [0.2, 0.25) is 0 Å². The van der Waals surface area contributed by atoms with Crippen LogP contribution in [0.25, 0.3) is 0 Å². The maximum Gasteiger partial charge on any atom is 0.251 e. The van der Waals surface area contributed by atoms with Crippen molar-refractivity contribution in [2.24, 2.45) is 0 Å². The highest BCUT2D eigenvalue weighted by molar-refractivity contribution is 5.94. The second-order valence-electron chi connectivity index (χ2n) is 6.50. The van der Waals surface area contributed by atoms with Gasteiger partial charge in [0, 0.05) is 5.56 Å². The van der Waals surface area contributed by atoms with E-state index in [0.29, 0.717) is 24.5 Å². The number of benzene rings is 3. The lowest BCUT2D eigenvalue weighted by atomic mass is 10.1. The molecular weight excluding hydrogens is 350 g/mol. The molecule has 4 heteroatoms. The summed E-state index contributed by atoms with van der Waals surface area (Å²) in [7, 11) is 0. The molecule has 0 unspecified atom stereocenters. The number of ether oxygens (including phenoxy) is 2. The molecule has 0 bridgehead atoms. The Balaban J connectivity index is 1.60. The molecule has 0 heterocycles. The molecule has 28 heavy (non-hydrogen) atoms. The summed E-state index contributed by atoms with van der Waals surface area (Å²) < 4.78 is 11.3. The Morgan fingerprint density at radius 3 is 2.36 bits per heavy atom. The minimum atomic E-state index is -0.133. The van der Waals surface area contributed by atoms with Gasteiger partial charge < -0.3 is 14.8 Å². The Bertz CT molecular complexity index is 891. The van der Waals surface area contributed by atoms with Gasteiger partial charge in [-0.15, -0.1) is 0 Å². The zero-order chi connectivity index (χ0) is 19.8. The van der Waals surface area contributed by atoms with Crippen LogP contribution in [0, 0.1) is 0 Å². The van der Waals surface area contributed by atoms with Crippen LogP contribution in [0.3, 0.4) is 0 Å². The van der Waals surface area contributed by atoms with Crippen LogP contribution in [0.2, 0.25) is 0 Å². The van der Waals surface area contributed by atoms with Crippen LogP contribution >= 0.6 is 0 Å². The minimum Gasteiger partial charge on any atom is -0.494 e. The number of carbonyl (C=O) groups is 1. The summed E-state index contributed by atoms with van der Waals surface area (Å²) in [5, 5.41) is 3.03. The average molecular weight is 375 g/mol. The topological polar surface area (TPSA) is 47.6 Å². The molecule has 0 aliphatic rings. The van der Waals surface area contributed by atoms with Gasteiger partial charge in [-0.3, -0.25) is 4.79 Å². The first-order chi connectivity index (χ1) is 13.7. The summed E-state index contributed by atoms with van der Waals surface area (Å²) in [6.45, 7) is 5.01. The molecule has 0 saturated carbocycles. The van der Waals surface area contributed by atoms with Crippen molar-refractivity contribution in [1.82, 2.24) is 5.32 Å². The summed E-state index contributed by atoms with van der Waals surface area (Å²) in [5.41, 5.74) is 2.68. The number of rotatable bonds is 8. The minimum absolute atomic E-state index is 0.114. The van der Waals surface area contributed by atoms with Gasteiger partial charge in [0.25, 0.3) is 5.91 Å². The lowest BCUT2D eigenvalue weighted by molar-refractivity contribution is 0.0939. The van der Waals surface area contributed by atoms with Crippen LogP contribution < -0.4 is 14.8 Å². The van der Waals surface area contributed by atoms with Crippen LogP contribution in [-0.4, -0.2) is 12.5 Å². The SMILES string of the molecule is CCOc1ccc([C@@H](C)NC(=O)c2cccc(OCc3ccccc3)c2)cc1. The molecule has 0 fully saturated rings. The van der Waals surface area contributed by atoms with Gasteiger partial charge in [0.05, 0.1) is 12.6 Å². The van der Waals surface area contributed by atoms with Crippen molar-refractivity contribution >= 4 is 5.91 Å². The quantitative estimate of drug-likeness (QED) is 0.592. The summed E-state index contributed by atoms with van der Waals surface area (Å²) in [5.74, 6) is 1.37. The highest BCUT2D eigenvalue weighted by atomic mass is 16.5. The smallest absolute Gasteiger partial charge is 0.251 e. The van der Waals surface area contributed by atoms with E-state index in [0.717, 1.165) is 16.9 Å². The van der Waals surface area contributed by atoms with Crippen LogP contribution in [0.4, 0.5) is 0 Å². The zero-order valence-electron chi connectivity index (χ0n) is 16.2. The molecule has 1 atom stereocenters. The second kappa shape index (κ2) is 9.60. The molecule has 0 aliphatic carbocycles. The number of carbonyl (C=O) groups excluding carboxylic acids is 1. The molecule has 1 N–H and O–H groups in total. The molecule has 3 rings (SSSR count). The largest absolute Gasteiger partial charge is 0.494 e. The molecular formula is C24H25NO3. The second-order valence-corrected chi connectivity index (χ2v) is 6.50. The fraction of sp³-hybridized carbons (Fsp3) is 0.208. The molecule has 3 aromatic carbocycles. The van der Waals surface area contributed by atoms with Gasteiger partial charge in [-0.2, -0.15) is 0 Å². The van der Waals surface area contributed by atoms with Crippen LogP contribution in [-0.2, 0) is 6.61 Å². The molecule has 4 nitrogen and oxygen atoms in total. The fourth-order valence-corrected chi connectivity index (χ4v) is 2.85. The van der Waals surface area contributed by atoms with Crippen molar-refractivity contribution in [3.63, 3.8) is 0 Å². The standard InChI is InChI=1S/C24H25NO3/c1-3-27-22-14-12-20(13-15-22)18(2)25-24(26)21-10-7-11-23(16-21)28-17-19-8-5-4-6-9-19/h4-16,18H,3,17H2,1-2H3,(H,25,26)/t18-/m1/s1. The normalized spacial score (nSPS) is 11.5. The van der Waals surface area contributed by atoms with Crippen LogP contribution in [0.5, 0.6) is 11.5 Å². The number of nitrogens with one attached hydrogen (secondary N) is 1. The third kappa shape index (κ3) is 5.36. The maximum absolute atomic E-state index is 12.6. The van der Waals surface area contributed by atoms with E-state index >= 15 is 0 Å². The van der Waals surface area contributed by atoms with Crippen molar-refractivity contribution in [2.75, 3.05) is 6.61 Å². The van der Waals surface area contributed by atoms with Crippen molar-refractivity contribution in [1.29, 1.82) is 0 Å². The van der Waals surface area contributed by atoms with E-state index in [1.54, 1.807) is 12.1 Å². The lowest BCUT2D eigenvalue weighted by Crippen LogP contribution is -2.26. The first-order valence-electron chi connectivity index (χ1n) is 9.46. The number of hydrogen-bond acceptors (Lipinski definition) is 3. The monoisotopic (exact) mass is 375 g/mol. The summed E-state index contributed by atoms with van der Waals surface area (Å²) >= 11 is 0. The Hall–Kier alpha value is -3.27. The van der Waals surface area contributed by atoms with E-state index in [2.05, 4.69) is 5.32 Å². The van der Waals surface area contributed by atoms with Crippen molar-refractivity contribution < 1.29 is 14.3 Å². The van der Waals surface area contributed by atoms with E-state index < -0.39 is 0 Å². The molecule has 0 aromatic heterocycles. The van der Waals surface area contributed by atoms with E-state index in [4.69, 9.17) is 9.47 Å². The van der Waals surface area contributed by atoms with Crippen molar-refractivity contribution in [3.8, 4) is 11.5 Å². The van der Waals surface area contributed by atoms with Gasteiger partial charge in [-0.1, -0.05) is 48.5 Å². The van der Waals surface area contributed by atoms with E-state index in [-0.39, 0.29) is 11.9 Å². The summed E-state index contributed by atoms with van der Waals surface area (Å²) in [6.07, 6.45) is 0. The van der Waals surface area contributed by atoms with Gasteiger partial charge in [0.15, 0.2) is 0 Å². The Labute approximate surface area is 166 Å². The van der Waals surface area contributed by atoms with Crippen LogP contribution in [0.15, 0.2) is 78.9 Å². The molecule has 0 aliphatic heterocycles. The molecule has 0 radical (unpaired) electrons. The highest BCUT2D eigenvalue weighted by Crippen LogP contribution is 2.19. The van der Waals surface area contributed by atoms with Crippen molar-refractivity contribution in [3.05, 3.63) is 95.6 Å². The van der Waals surface area contributed by atoms with Gasteiger partial charge >= 0.3 is 0 Å². The van der Waals surface area contributed by atoms with E-state index in [1.807, 2.05) is 80.6 Å². The third-order valence-electron chi connectivity index (χ3n) is 4.38. The third-order valence-corrected chi connectivity index (χ3v) is 4.38. The molecule has 3 aromatic rings. The first kappa shape index (κ1) is 19.5. The highest BCUT2D eigenvalue weighted by Gasteiger charge is 2.12. The van der Waals surface area contributed by atoms with Gasteiger partial charge in [-0.25, -0.2) is 0 Å². The lowest BCUT2D eigenvalue weighted by Gasteiger charge is -2.15. The Morgan fingerprint density at radius 1 is 0.893 bits per heavy atom. The van der Waals surface area contributed by atoms with Crippen molar-refractivity contribution in [2.45, 2.75) is 26.5 Å². The number of amides is 1. The predicted octanol–water partition coefficient (Wildman–Crippen LogP) is 5.16. The van der Waals surface area contributed by atoms with Crippen LogP contribution in [0.1, 0.15) is 41.4 Å². The molecule has 0 spiro atoms. The van der Waals surface area contributed by atoms with E-state index in [1.165, 1.54) is 0 Å². The Morgan fingerprint density at radius 2 is 1.64 bits per heavy atom. The zero-order valence-corrected chi connectivity index (χ0v) is 16.2. The van der Waals surface area contributed by atoms with Gasteiger partial charge in [-0.05, 0) is 55.3 Å². The molecule has 1 amide bonds. The Kier molecular flexibility index (Phi) is 6.68. The molecule has 0 saturated heterocycles. The van der Waals surface area contributed by atoms with E-state index in [9.17, 15) is 4.79 Å². The average Bonchev–Trinajstić information content (AvgIpc) is 2.74. The molecule has 144 valence electrons. The van der Waals surface area contributed by atoms with Gasteiger partial charge in [0.1, 0.15) is 18.1 Å². The predicted molar refractivity (Wildman–Crippen MR) is 111 cm³/mol. The summed E-state index contributed by atoms with van der Waals surface area (Å²) in [4.78, 5) is 12.6. The number of hydrogen-bond donors (Lipinski definition) is 1. The fourth-order valence-electron chi connectivity index (χ4n) is 2.85. The first-order valence-corrected chi connectivity index (χ1v) is 9.46.